The zero-order valence-electron chi connectivity index (χ0n) is 12.1. The summed E-state index contributed by atoms with van der Waals surface area (Å²) in [5, 5.41) is 0.649. The number of hydrogen-bond acceptors (Lipinski definition) is 4. The number of ketones is 1. The van der Waals surface area contributed by atoms with E-state index in [4.69, 9.17) is 16.3 Å². The molecule has 1 aromatic carbocycles. The Balaban J connectivity index is 2.12. The summed E-state index contributed by atoms with van der Waals surface area (Å²) in [5.41, 5.74) is 2.72. The van der Waals surface area contributed by atoms with Crippen molar-refractivity contribution in [1.29, 1.82) is 0 Å². The maximum absolute atomic E-state index is 12.1. The maximum Gasteiger partial charge on any atom is 0.191 e. The highest BCUT2D eigenvalue weighted by molar-refractivity contribution is 6.30. The number of benzene rings is 1. The van der Waals surface area contributed by atoms with E-state index in [0.717, 1.165) is 11.1 Å². The number of ether oxygens (including phenoxy) is 1. The summed E-state index contributed by atoms with van der Waals surface area (Å²) >= 11 is 5.90. The van der Waals surface area contributed by atoms with Gasteiger partial charge in [0.1, 0.15) is 5.76 Å². The van der Waals surface area contributed by atoms with E-state index in [2.05, 4.69) is 9.97 Å². The van der Waals surface area contributed by atoms with Crippen molar-refractivity contribution in [2.75, 3.05) is 7.11 Å². The zero-order chi connectivity index (χ0) is 15.7. The van der Waals surface area contributed by atoms with E-state index in [9.17, 15) is 4.79 Å². The molecule has 0 bridgehead atoms. The van der Waals surface area contributed by atoms with Crippen LogP contribution in [0.15, 0.2) is 48.4 Å². The molecule has 0 N–H and O–H groups in total. The quantitative estimate of drug-likeness (QED) is 0.869. The molecule has 0 aliphatic heterocycles. The van der Waals surface area contributed by atoms with Crippen LogP contribution in [0.1, 0.15) is 11.3 Å². The minimum Gasteiger partial charge on any atom is -0.496 e. The molecule has 0 fully saturated rings. The molecule has 0 amide bonds. The predicted molar refractivity (Wildman–Crippen MR) is 85.3 cm³/mol. The second-order valence-corrected chi connectivity index (χ2v) is 5.31. The number of allylic oxidation sites excluding steroid dienone is 3. The highest BCUT2D eigenvalue weighted by atomic mass is 35.5. The number of carbonyl (C=O) groups excluding carboxylic acids is 1. The lowest BCUT2D eigenvalue weighted by Gasteiger charge is -2.09. The molecule has 22 heavy (non-hydrogen) atoms. The van der Waals surface area contributed by atoms with E-state index in [-0.39, 0.29) is 5.78 Å². The van der Waals surface area contributed by atoms with Crippen LogP contribution in [0.3, 0.4) is 0 Å². The van der Waals surface area contributed by atoms with Crippen LogP contribution in [0.4, 0.5) is 0 Å². The summed E-state index contributed by atoms with van der Waals surface area (Å²) in [5.74, 6) is 0.953. The van der Waals surface area contributed by atoms with Crippen molar-refractivity contribution in [2.24, 2.45) is 0 Å². The van der Waals surface area contributed by atoms with Crippen molar-refractivity contribution in [3.63, 3.8) is 0 Å². The van der Waals surface area contributed by atoms with Gasteiger partial charge < -0.3 is 4.74 Å². The molecule has 1 aliphatic rings. The molecule has 0 atom stereocenters. The molecule has 0 radical (unpaired) electrons. The highest BCUT2D eigenvalue weighted by Crippen LogP contribution is 2.29. The number of halogens is 1. The lowest BCUT2D eigenvalue weighted by atomic mass is 10.1. The van der Waals surface area contributed by atoms with E-state index >= 15 is 0 Å². The number of nitrogens with zero attached hydrogens (tertiary/aromatic N) is 2. The molecule has 1 heterocycles. The molecule has 3 rings (SSSR count). The van der Waals surface area contributed by atoms with Gasteiger partial charge in [0, 0.05) is 16.8 Å². The van der Waals surface area contributed by atoms with Crippen molar-refractivity contribution < 1.29 is 9.53 Å². The summed E-state index contributed by atoms with van der Waals surface area (Å²) in [6.45, 7) is 1.87. The monoisotopic (exact) mass is 312 g/mol. The van der Waals surface area contributed by atoms with Crippen LogP contribution in [0, 0.1) is 6.92 Å². The molecule has 1 aliphatic carbocycles. The van der Waals surface area contributed by atoms with Crippen LogP contribution in [0.2, 0.25) is 5.02 Å². The highest BCUT2D eigenvalue weighted by Gasteiger charge is 2.24. The van der Waals surface area contributed by atoms with Crippen molar-refractivity contribution in [1.82, 2.24) is 9.97 Å². The molecule has 5 heteroatoms. The third-order valence-corrected chi connectivity index (χ3v) is 3.66. The fourth-order valence-electron chi connectivity index (χ4n) is 2.28. The van der Waals surface area contributed by atoms with Gasteiger partial charge in [-0.3, -0.25) is 4.79 Å². The van der Waals surface area contributed by atoms with E-state index < -0.39 is 0 Å². The van der Waals surface area contributed by atoms with Gasteiger partial charge in [-0.1, -0.05) is 11.6 Å². The van der Waals surface area contributed by atoms with Crippen molar-refractivity contribution in [2.45, 2.75) is 6.92 Å². The summed E-state index contributed by atoms with van der Waals surface area (Å²) in [6.07, 6.45) is 4.84. The summed E-state index contributed by atoms with van der Waals surface area (Å²) in [4.78, 5) is 21.0. The first-order valence-corrected chi connectivity index (χ1v) is 7.08. The Morgan fingerprint density at radius 2 is 1.86 bits per heavy atom. The lowest BCUT2D eigenvalue weighted by molar-refractivity contribution is -0.109. The number of carbonyl (C=O) groups is 1. The average molecular weight is 313 g/mol. The van der Waals surface area contributed by atoms with Gasteiger partial charge in [-0.15, -0.1) is 0 Å². The van der Waals surface area contributed by atoms with Crippen LogP contribution in [0.25, 0.3) is 17.0 Å². The van der Waals surface area contributed by atoms with Gasteiger partial charge in [0.25, 0.3) is 0 Å². The minimum atomic E-state index is -0.110. The fraction of sp³-hybridized carbons (Fsp3) is 0.118. The van der Waals surface area contributed by atoms with E-state index in [1.54, 1.807) is 24.4 Å². The number of hydrogen-bond donors (Lipinski definition) is 0. The molecule has 110 valence electrons. The Labute approximate surface area is 133 Å². The predicted octanol–water partition coefficient (Wildman–Crippen LogP) is 3.60. The number of methoxy groups -OCH3 is 1. The van der Waals surface area contributed by atoms with Crippen molar-refractivity contribution >= 4 is 23.0 Å². The van der Waals surface area contributed by atoms with E-state index in [1.807, 2.05) is 19.1 Å². The number of aromatic nitrogens is 2. The third kappa shape index (κ3) is 2.53. The van der Waals surface area contributed by atoms with Crippen LogP contribution < -0.4 is 0 Å². The van der Waals surface area contributed by atoms with E-state index in [0.29, 0.717) is 27.9 Å². The van der Waals surface area contributed by atoms with Crippen LogP contribution in [0.5, 0.6) is 0 Å². The van der Waals surface area contributed by atoms with Gasteiger partial charge in [0.2, 0.25) is 0 Å². The first kappa shape index (κ1) is 14.5. The van der Waals surface area contributed by atoms with Gasteiger partial charge in [-0.05, 0) is 48.9 Å². The standard InChI is InChI=1S/C17H13ClN2O2/c1-10-9-19-17(11-3-5-12(18)6-4-11)20-16(10)15-13(21)7-8-14(15)22-2/h3-9H,1-2H3. The Morgan fingerprint density at radius 3 is 2.55 bits per heavy atom. The Morgan fingerprint density at radius 1 is 1.14 bits per heavy atom. The number of aryl methyl sites for hydroxylation is 1. The second kappa shape index (κ2) is 5.73. The lowest BCUT2D eigenvalue weighted by Crippen LogP contribution is -2.05. The normalized spacial score (nSPS) is 13.9. The van der Waals surface area contributed by atoms with Gasteiger partial charge >= 0.3 is 0 Å². The molecular weight excluding hydrogens is 300 g/mol. The molecule has 0 spiro atoms. The van der Waals surface area contributed by atoms with Crippen molar-refractivity contribution in [3.05, 3.63) is 64.7 Å². The zero-order valence-corrected chi connectivity index (χ0v) is 12.9. The molecule has 2 aromatic rings. The van der Waals surface area contributed by atoms with Gasteiger partial charge in [0.15, 0.2) is 11.6 Å². The van der Waals surface area contributed by atoms with Crippen LogP contribution >= 0.6 is 11.6 Å². The van der Waals surface area contributed by atoms with Crippen molar-refractivity contribution in [3.8, 4) is 11.4 Å². The third-order valence-electron chi connectivity index (χ3n) is 3.41. The van der Waals surface area contributed by atoms with Gasteiger partial charge in [-0.25, -0.2) is 9.97 Å². The largest absolute Gasteiger partial charge is 0.496 e. The SMILES string of the molecule is COC1=C(c2nc(-c3ccc(Cl)cc3)ncc2C)C(=O)C=C1. The first-order valence-electron chi connectivity index (χ1n) is 6.71. The summed E-state index contributed by atoms with van der Waals surface area (Å²) in [7, 11) is 1.54. The molecule has 4 nitrogen and oxygen atoms in total. The maximum atomic E-state index is 12.1. The Bertz CT molecular complexity index is 808. The molecular formula is C17H13ClN2O2. The first-order chi connectivity index (χ1) is 10.6. The molecule has 0 unspecified atom stereocenters. The Hall–Kier alpha value is -2.46. The summed E-state index contributed by atoms with van der Waals surface area (Å²) in [6, 6.07) is 7.25. The summed E-state index contributed by atoms with van der Waals surface area (Å²) < 4.78 is 5.26. The average Bonchev–Trinajstić information content (AvgIpc) is 2.89. The minimum absolute atomic E-state index is 0.110. The Kier molecular flexibility index (Phi) is 3.77. The molecule has 1 aromatic heterocycles. The molecule has 0 saturated carbocycles. The number of rotatable bonds is 3. The smallest absolute Gasteiger partial charge is 0.191 e. The topological polar surface area (TPSA) is 52.1 Å². The fourth-order valence-corrected chi connectivity index (χ4v) is 2.40. The van der Waals surface area contributed by atoms with Crippen LogP contribution in [-0.2, 0) is 9.53 Å². The van der Waals surface area contributed by atoms with E-state index in [1.165, 1.54) is 13.2 Å². The van der Waals surface area contributed by atoms with Gasteiger partial charge in [-0.2, -0.15) is 0 Å². The van der Waals surface area contributed by atoms with Crippen LogP contribution in [-0.4, -0.2) is 22.9 Å². The second-order valence-electron chi connectivity index (χ2n) is 4.87. The van der Waals surface area contributed by atoms with Gasteiger partial charge in [0.05, 0.1) is 18.4 Å². The molecule has 0 saturated heterocycles.